The van der Waals surface area contributed by atoms with Crippen LogP contribution in [-0.4, -0.2) is 23.4 Å². The highest BCUT2D eigenvalue weighted by atomic mass is 32.2. The summed E-state index contributed by atoms with van der Waals surface area (Å²) in [6, 6.07) is 10.8. The molecule has 0 bridgehead atoms. The van der Waals surface area contributed by atoms with Gasteiger partial charge in [-0.25, -0.2) is 13.1 Å². The number of benzene rings is 1. The maximum Gasteiger partial charge on any atom is 0.266 e. The van der Waals surface area contributed by atoms with Gasteiger partial charge in [0.1, 0.15) is 10.7 Å². The molecule has 1 aromatic carbocycles. The Balaban J connectivity index is 1.96. The Hall–Kier alpha value is -2.61. The summed E-state index contributed by atoms with van der Waals surface area (Å²) in [6.07, 6.45) is 1.47. The molecule has 114 valence electrons. The van der Waals surface area contributed by atoms with Gasteiger partial charge in [0.25, 0.3) is 10.0 Å². The molecular weight excluding hydrogens is 304 g/mol. The zero-order valence-electron chi connectivity index (χ0n) is 12.0. The molecule has 1 N–H and O–H groups in total. The third-order valence-electron chi connectivity index (χ3n) is 3.03. The maximum atomic E-state index is 12.4. The summed E-state index contributed by atoms with van der Waals surface area (Å²) in [4.78, 5) is 0.0945. The Kier molecular flexibility index (Phi) is 3.45. The Bertz CT molecular complexity index is 897. The van der Waals surface area contributed by atoms with Crippen LogP contribution in [0.3, 0.4) is 0 Å². The second-order valence-electron chi connectivity index (χ2n) is 4.79. The Morgan fingerprint density at radius 2 is 1.91 bits per heavy atom. The summed E-state index contributed by atoms with van der Waals surface area (Å²) < 4.78 is 33.6. The predicted octanol–water partition coefficient (Wildman–Crippen LogP) is 2.28. The van der Waals surface area contributed by atoms with Gasteiger partial charge >= 0.3 is 0 Å². The van der Waals surface area contributed by atoms with Crippen LogP contribution in [0.4, 0.5) is 5.82 Å². The minimum atomic E-state index is -3.77. The number of aromatic nitrogens is 3. The van der Waals surface area contributed by atoms with Gasteiger partial charge in [0.05, 0.1) is 17.6 Å². The SMILES string of the molecule is Cc1cc(NS(=O)(=O)c2cn(-c3ccccc3)nc2C)no1. The van der Waals surface area contributed by atoms with Gasteiger partial charge in [0, 0.05) is 6.07 Å². The maximum absolute atomic E-state index is 12.4. The molecule has 0 radical (unpaired) electrons. The Labute approximate surface area is 127 Å². The average molecular weight is 318 g/mol. The highest BCUT2D eigenvalue weighted by Gasteiger charge is 2.22. The predicted molar refractivity (Wildman–Crippen MR) is 80.3 cm³/mol. The highest BCUT2D eigenvalue weighted by molar-refractivity contribution is 7.92. The number of hydrogen-bond acceptors (Lipinski definition) is 5. The molecule has 0 aliphatic heterocycles. The zero-order valence-corrected chi connectivity index (χ0v) is 12.8. The molecule has 0 saturated carbocycles. The van der Waals surface area contributed by atoms with E-state index in [0.29, 0.717) is 11.5 Å². The number of aryl methyl sites for hydroxylation is 2. The molecule has 0 atom stereocenters. The van der Waals surface area contributed by atoms with Gasteiger partial charge in [-0.2, -0.15) is 5.10 Å². The van der Waals surface area contributed by atoms with Crippen molar-refractivity contribution in [2.45, 2.75) is 18.7 Å². The lowest BCUT2D eigenvalue weighted by atomic mass is 10.3. The Morgan fingerprint density at radius 1 is 1.18 bits per heavy atom. The number of nitrogens with one attached hydrogen (secondary N) is 1. The van der Waals surface area contributed by atoms with E-state index in [0.717, 1.165) is 5.69 Å². The first-order valence-electron chi connectivity index (χ1n) is 6.53. The van der Waals surface area contributed by atoms with E-state index >= 15 is 0 Å². The topological polar surface area (TPSA) is 90.0 Å². The van der Waals surface area contributed by atoms with Gasteiger partial charge in [-0.3, -0.25) is 4.72 Å². The zero-order chi connectivity index (χ0) is 15.7. The van der Waals surface area contributed by atoms with Gasteiger partial charge in [-0.1, -0.05) is 23.4 Å². The van der Waals surface area contributed by atoms with Crippen LogP contribution in [0.1, 0.15) is 11.5 Å². The summed E-state index contributed by atoms with van der Waals surface area (Å²) in [5, 5.41) is 7.88. The average Bonchev–Trinajstić information content (AvgIpc) is 3.06. The van der Waals surface area contributed by atoms with Crippen LogP contribution in [0, 0.1) is 13.8 Å². The number of sulfonamides is 1. The van der Waals surface area contributed by atoms with Crippen molar-refractivity contribution in [2.24, 2.45) is 0 Å². The molecule has 0 aliphatic carbocycles. The fraction of sp³-hybridized carbons (Fsp3) is 0.143. The van der Waals surface area contributed by atoms with Crippen molar-refractivity contribution in [3.63, 3.8) is 0 Å². The van der Waals surface area contributed by atoms with Crippen molar-refractivity contribution in [3.8, 4) is 5.69 Å². The van der Waals surface area contributed by atoms with E-state index in [9.17, 15) is 8.42 Å². The fourth-order valence-electron chi connectivity index (χ4n) is 2.03. The molecule has 8 heteroatoms. The summed E-state index contributed by atoms with van der Waals surface area (Å²) >= 11 is 0. The van der Waals surface area contributed by atoms with Crippen LogP contribution in [-0.2, 0) is 10.0 Å². The number of anilines is 1. The van der Waals surface area contributed by atoms with E-state index < -0.39 is 10.0 Å². The lowest BCUT2D eigenvalue weighted by Crippen LogP contribution is -2.13. The molecule has 22 heavy (non-hydrogen) atoms. The van der Waals surface area contributed by atoms with Crippen LogP contribution in [0.15, 0.2) is 52.0 Å². The molecule has 7 nitrogen and oxygen atoms in total. The molecule has 0 spiro atoms. The second kappa shape index (κ2) is 5.30. The smallest absolute Gasteiger partial charge is 0.266 e. The van der Waals surface area contributed by atoms with Crippen LogP contribution >= 0.6 is 0 Å². The second-order valence-corrected chi connectivity index (χ2v) is 6.44. The van der Waals surface area contributed by atoms with E-state index in [-0.39, 0.29) is 10.7 Å². The lowest BCUT2D eigenvalue weighted by molar-refractivity contribution is 0.400. The van der Waals surface area contributed by atoms with Gasteiger partial charge in [0.15, 0.2) is 5.82 Å². The van der Waals surface area contributed by atoms with Crippen LogP contribution < -0.4 is 4.72 Å². The van der Waals surface area contributed by atoms with E-state index in [1.807, 2.05) is 30.3 Å². The molecule has 0 unspecified atom stereocenters. The van der Waals surface area contributed by atoms with Gasteiger partial charge < -0.3 is 4.52 Å². The summed E-state index contributed by atoms with van der Waals surface area (Å²) in [7, 11) is -3.77. The molecular formula is C14H14N4O3S. The van der Waals surface area contributed by atoms with E-state index in [1.165, 1.54) is 16.9 Å². The molecule has 3 rings (SSSR count). The van der Waals surface area contributed by atoms with Crippen molar-refractivity contribution in [1.29, 1.82) is 0 Å². The van der Waals surface area contributed by atoms with Crippen LogP contribution in [0.2, 0.25) is 0 Å². The largest absolute Gasteiger partial charge is 0.360 e. The van der Waals surface area contributed by atoms with Gasteiger partial charge in [0.2, 0.25) is 0 Å². The standard InChI is InChI=1S/C14H14N4O3S/c1-10-8-14(16-21-10)17-22(19,20)13-9-18(15-11(13)2)12-6-4-3-5-7-12/h3-9H,1-2H3,(H,16,17). The molecule has 2 aromatic heterocycles. The minimum absolute atomic E-state index is 0.0945. The van der Waals surface area contributed by atoms with Gasteiger partial charge in [-0.15, -0.1) is 0 Å². The highest BCUT2D eigenvalue weighted by Crippen LogP contribution is 2.20. The number of nitrogens with zero attached hydrogens (tertiary/aromatic N) is 3. The summed E-state index contributed by atoms with van der Waals surface area (Å²) in [5.41, 5.74) is 1.18. The van der Waals surface area contributed by atoms with E-state index in [1.54, 1.807) is 13.8 Å². The van der Waals surface area contributed by atoms with Gasteiger partial charge in [-0.05, 0) is 26.0 Å². The molecule has 3 aromatic rings. The Morgan fingerprint density at radius 3 is 2.55 bits per heavy atom. The van der Waals surface area contributed by atoms with E-state index in [4.69, 9.17) is 4.52 Å². The van der Waals surface area contributed by atoms with Crippen molar-refractivity contribution >= 4 is 15.8 Å². The quantitative estimate of drug-likeness (QED) is 0.797. The third-order valence-corrected chi connectivity index (χ3v) is 4.49. The van der Waals surface area contributed by atoms with Crippen molar-refractivity contribution in [1.82, 2.24) is 14.9 Å². The number of rotatable bonds is 4. The number of para-hydroxylation sites is 1. The summed E-state index contributed by atoms with van der Waals surface area (Å²) in [5.74, 6) is 0.666. The molecule has 0 fully saturated rings. The van der Waals surface area contributed by atoms with E-state index in [2.05, 4.69) is 15.0 Å². The minimum Gasteiger partial charge on any atom is -0.360 e. The monoisotopic (exact) mass is 318 g/mol. The molecule has 0 saturated heterocycles. The fourth-order valence-corrected chi connectivity index (χ4v) is 3.18. The van der Waals surface area contributed by atoms with Crippen molar-refractivity contribution in [3.05, 3.63) is 54.0 Å². The van der Waals surface area contributed by atoms with Crippen molar-refractivity contribution in [2.75, 3.05) is 4.72 Å². The first-order valence-corrected chi connectivity index (χ1v) is 8.02. The third kappa shape index (κ3) is 2.73. The number of hydrogen-bond donors (Lipinski definition) is 1. The normalized spacial score (nSPS) is 11.5. The van der Waals surface area contributed by atoms with Crippen LogP contribution in [0.5, 0.6) is 0 Å². The van der Waals surface area contributed by atoms with Crippen LogP contribution in [0.25, 0.3) is 5.69 Å². The molecule has 2 heterocycles. The molecule has 0 aliphatic rings. The van der Waals surface area contributed by atoms with Crippen molar-refractivity contribution < 1.29 is 12.9 Å². The first-order chi connectivity index (χ1) is 10.5. The first kappa shape index (κ1) is 14.3. The lowest BCUT2D eigenvalue weighted by Gasteiger charge is -2.02. The molecule has 0 amide bonds. The summed E-state index contributed by atoms with van der Waals surface area (Å²) in [6.45, 7) is 3.32.